The summed E-state index contributed by atoms with van der Waals surface area (Å²) >= 11 is 6.18. The number of hydrogen-bond donors (Lipinski definition) is 1. The van der Waals surface area contributed by atoms with Crippen LogP contribution in [0.5, 0.6) is 0 Å². The summed E-state index contributed by atoms with van der Waals surface area (Å²) in [6, 6.07) is 11.8. The Labute approximate surface area is 117 Å². The SMILES string of the molecule is CN(Cc1ccc(F)cc1)c1ccc(CO)cc1Cl. The molecule has 2 nitrogen and oxygen atoms in total. The lowest BCUT2D eigenvalue weighted by atomic mass is 10.1. The fourth-order valence-corrected chi connectivity index (χ4v) is 2.25. The van der Waals surface area contributed by atoms with Gasteiger partial charge >= 0.3 is 0 Å². The van der Waals surface area contributed by atoms with Gasteiger partial charge in [0, 0.05) is 13.6 Å². The molecule has 0 heterocycles. The second kappa shape index (κ2) is 6.04. The molecule has 0 fully saturated rings. The molecule has 19 heavy (non-hydrogen) atoms. The molecule has 0 aliphatic carbocycles. The van der Waals surface area contributed by atoms with Crippen LogP contribution in [0.3, 0.4) is 0 Å². The van der Waals surface area contributed by atoms with Gasteiger partial charge in [0.2, 0.25) is 0 Å². The van der Waals surface area contributed by atoms with E-state index in [1.807, 2.05) is 24.1 Å². The van der Waals surface area contributed by atoms with Crippen LogP contribution in [0, 0.1) is 5.82 Å². The van der Waals surface area contributed by atoms with Gasteiger partial charge < -0.3 is 10.0 Å². The number of anilines is 1. The van der Waals surface area contributed by atoms with Gasteiger partial charge in [-0.15, -0.1) is 0 Å². The molecule has 0 radical (unpaired) electrons. The zero-order valence-electron chi connectivity index (χ0n) is 10.6. The first-order valence-electron chi connectivity index (χ1n) is 5.95. The summed E-state index contributed by atoms with van der Waals surface area (Å²) in [5, 5.41) is 9.64. The molecule has 0 bridgehead atoms. The highest BCUT2D eigenvalue weighted by Gasteiger charge is 2.07. The topological polar surface area (TPSA) is 23.5 Å². The van der Waals surface area contributed by atoms with Gasteiger partial charge in [-0.1, -0.05) is 29.8 Å². The molecule has 0 amide bonds. The van der Waals surface area contributed by atoms with Crippen LogP contribution >= 0.6 is 11.6 Å². The highest BCUT2D eigenvalue weighted by molar-refractivity contribution is 6.33. The van der Waals surface area contributed by atoms with Crippen LogP contribution < -0.4 is 4.90 Å². The van der Waals surface area contributed by atoms with Crippen molar-refractivity contribution >= 4 is 17.3 Å². The molecule has 0 aromatic heterocycles. The highest BCUT2D eigenvalue weighted by Crippen LogP contribution is 2.27. The van der Waals surface area contributed by atoms with Crippen molar-refractivity contribution in [2.45, 2.75) is 13.2 Å². The minimum atomic E-state index is -0.239. The minimum Gasteiger partial charge on any atom is -0.392 e. The van der Waals surface area contributed by atoms with Gasteiger partial charge in [-0.3, -0.25) is 0 Å². The maximum Gasteiger partial charge on any atom is 0.123 e. The van der Waals surface area contributed by atoms with Crippen molar-refractivity contribution in [1.29, 1.82) is 0 Å². The summed E-state index contributed by atoms with van der Waals surface area (Å²) in [4.78, 5) is 1.98. The molecule has 1 N–H and O–H groups in total. The molecule has 0 aliphatic rings. The smallest absolute Gasteiger partial charge is 0.123 e. The molecular formula is C15H15ClFNO. The van der Waals surface area contributed by atoms with E-state index in [4.69, 9.17) is 16.7 Å². The van der Waals surface area contributed by atoms with E-state index in [1.54, 1.807) is 18.2 Å². The van der Waals surface area contributed by atoms with Crippen LogP contribution in [0.4, 0.5) is 10.1 Å². The number of nitrogens with zero attached hydrogens (tertiary/aromatic N) is 1. The fraction of sp³-hybridized carbons (Fsp3) is 0.200. The summed E-state index contributed by atoms with van der Waals surface area (Å²) in [5.41, 5.74) is 2.67. The third-order valence-corrected chi connectivity index (χ3v) is 3.24. The van der Waals surface area contributed by atoms with Crippen LogP contribution in [-0.4, -0.2) is 12.2 Å². The van der Waals surface area contributed by atoms with E-state index in [0.29, 0.717) is 11.6 Å². The first kappa shape index (κ1) is 13.8. The minimum absolute atomic E-state index is 0.0261. The largest absolute Gasteiger partial charge is 0.392 e. The molecule has 0 atom stereocenters. The Kier molecular flexibility index (Phi) is 4.40. The monoisotopic (exact) mass is 279 g/mol. The van der Waals surface area contributed by atoms with Gasteiger partial charge in [0.1, 0.15) is 5.82 Å². The van der Waals surface area contributed by atoms with Crippen molar-refractivity contribution in [2.75, 3.05) is 11.9 Å². The van der Waals surface area contributed by atoms with E-state index in [-0.39, 0.29) is 12.4 Å². The lowest BCUT2D eigenvalue weighted by Crippen LogP contribution is -2.16. The number of rotatable bonds is 4. The summed E-state index contributed by atoms with van der Waals surface area (Å²) in [7, 11) is 1.92. The Morgan fingerprint density at radius 2 is 1.74 bits per heavy atom. The Bertz CT molecular complexity index is 557. The number of aliphatic hydroxyl groups is 1. The first-order chi connectivity index (χ1) is 9.10. The number of halogens is 2. The van der Waals surface area contributed by atoms with Crippen LogP contribution in [0.15, 0.2) is 42.5 Å². The van der Waals surface area contributed by atoms with Gasteiger partial charge in [-0.2, -0.15) is 0 Å². The summed E-state index contributed by atoms with van der Waals surface area (Å²) in [6.45, 7) is 0.611. The maximum absolute atomic E-state index is 12.8. The molecule has 2 aromatic carbocycles. The van der Waals surface area contributed by atoms with Crippen molar-refractivity contribution in [3.63, 3.8) is 0 Å². The van der Waals surface area contributed by atoms with Crippen molar-refractivity contribution < 1.29 is 9.50 Å². The highest BCUT2D eigenvalue weighted by atomic mass is 35.5. The molecule has 4 heteroatoms. The van der Waals surface area contributed by atoms with Crippen LogP contribution in [0.2, 0.25) is 5.02 Å². The van der Waals surface area contributed by atoms with Crippen molar-refractivity contribution in [1.82, 2.24) is 0 Å². The first-order valence-corrected chi connectivity index (χ1v) is 6.33. The average Bonchev–Trinajstić information content (AvgIpc) is 2.41. The van der Waals surface area contributed by atoms with Gasteiger partial charge in [-0.25, -0.2) is 4.39 Å². The Morgan fingerprint density at radius 1 is 1.11 bits per heavy atom. The molecule has 0 saturated carbocycles. The number of benzene rings is 2. The standard InChI is InChI=1S/C15H15ClFNO/c1-18(9-11-2-5-13(17)6-3-11)15-7-4-12(10-19)8-14(15)16/h2-8,19H,9-10H2,1H3. The molecule has 0 spiro atoms. The van der Waals surface area contributed by atoms with E-state index in [1.165, 1.54) is 12.1 Å². The van der Waals surface area contributed by atoms with E-state index >= 15 is 0 Å². The zero-order chi connectivity index (χ0) is 13.8. The van der Waals surface area contributed by atoms with Crippen LogP contribution in [0.25, 0.3) is 0 Å². The average molecular weight is 280 g/mol. The zero-order valence-corrected chi connectivity index (χ0v) is 11.4. The molecule has 0 unspecified atom stereocenters. The predicted molar refractivity (Wildman–Crippen MR) is 75.9 cm³/mol. The predicted octanol–water partition coefficient (Wildman–Crippen LogP) is 3.61. The number of hydrogen-bond acceptors (Lipinski definition) is 2. The van der Waals surface area contributed by atoms with Crippen LogP contribution in [0.1, 0.15) is 11.1 Å². The fourth-order valence-electron chi connectivity index (χ4n) is 1.91. The van der Waals surface area contributed by atoms with E-state index in [9.17, 15) is 4.39 Å². The van der Waals surface area contributed by atoms with Gasteiger partial charge in [-0.05, 0) is 35.4 Å². The molecular weight excluding hydrogens is 265 g/mol. The second-order valence-corrected chi connectivity index (χ2v) is 4.83. The molecule has 0 saturated heterocycles. The second-order valence-electron chi connectivity index (χ2n) is 4.43. The summed E-state index contributed by atoms with van der Waals surface area (Å²) < 4.78 is 12.8. The molecule has 2 rings (SSSR count). The van der Waals surface area contributed by atoms with E-state index in [2.05, 4.69) is 0 Å². The number of aliphatic hydroxyl groups excluding tert-OH is 1. The van der Waals surface area contributed by atoms with Gasteiger partial charge in [0.25, 0.3) is 0 Å². The van der Waals surface area contributed by atoms with Gasteiger partial charge in [0.05, 0.1) is 17.3 Å². The molecule has 0 aliphatic heterocycles. The lowest BCUT2D eigenvalue weighted by molar-refractivity contribution is 0.282. The molecule has 100 valence electrons. The normalized spacial score (nSPS) is 10.5. The Morgan fingerprint density at radius 3 is 2.32 bits per heavy atom. The quantitative estimate of drug-likeness (QED) is 0.924. The summed E-state index contributed by atoms with van der Waals surface area (Å²) in [6.07, 6.45) is 0. The van der Waals surface area contributed by atoms with Crippen molar-refractivity contribution in [3.8, 4) is 0 Å². The Balaban J connectivity index is 2.15. The molecule has 2 aromatic rings. The van der Waals surface area contributed by atoms with E-state index < -0.39 is 0 Å². The maximum atomic E-state index is 12.8. The van der Waals surface area contributed by atoms with Crippen molar-refractivity contribution in [3.05, 3.63) is 64.4 Å². The third-order valence-electron chi connectivity index (χ3n) is 2.94. The van der Waals surface area contributed by atoms with Crippen LogP contribution in [-0.2, 0) is 13.2 Å². The lowest BCUT2D eigenvalue weighted by Gasteiger charge is -2.21. The van der Waals surface area contributed by atoms with Crippen molar-refractivity contribution in [2.24, 2.45) is 0 Å². The third kappa shape index (κ3) is 3.46. The van der Waals surface area contributed by atoms with E-state index in [0.717, 1.165) is 16.8 Å². The summed E-state index contributed by atoms with van der Waals surface area (Å²) in [5.74, 6) is -0.239. The Hall–Kier alpha value is -1.58. The van der Waals surface area contributed by atoms with Gasteiger partial charge in [0.15, 0.2) is 0 Å².